The molecule has 0 spiro atoms. The minimum absolute atomic E-state index is 0.164. The lowest BCUT2D eigenvalue weighted by Gasteiger charge is -2.23. The number of amides is 2. The number of carboxylic acids is 1. The van der Waals surface area contributed by atoms with Crippen molar-refractivity contribution in [1.82, 2.24) is 4.90 Å². The van der Waals surface area contributed by atoms with Crippen molar-refractivity contribution in [3.63, 3.8) is 0 Å². The first-order valence-electron chi connectivity index (χ1n) is 11.4. The number of anilines is 1. The molecule has 1 heterocycles. The van der Waals surface area contributed by atoms with E-state index in [0.717, 1.165) is 34.8 Å². The van der Waals surface area contributed by atoms with Crippen LogP contribution in [0.2, 0.25) is 0 Å². The summed E-state index contributed by atoms with van der Waals surface area (Å²) in [5.41, 5.74) is 4.14. The number of likely N-dealkylation sites (tertiary alicyclic amines) is 1. The number of carbonyl (C=O) groups is 3. The van der Waals surface area contributed by atoms with Gasteiger partial charge in [-0.3, -0.25) is 9.69 Å². The van der Waals surface area contributed by atoms with Gasteiger partial charge >= 0.3 is 12.1 Å². The van der Waals surface area contributed by atoms with Crippen molar-refractivity contribution in [2.75, 3.05) is 11.9 Å². The molecule has 0 radical (unpaired) electrons. The monoisotopic (exact) mass is 470 g/mol. The summed E-state index contributed by atoms with van der Waals surface area (Å²) in [7, 11) is 0. The van der Waals surface area contributed by atoms with Crippen molar-refractivity contribution < 1.29 is 24.2 Å². The lowest BCUT2D eigenvalue weighted by molar-refractivity contribution is -0.131. The van der Waals surface area contributed by atoms with Crippen LogP contribution in [-0.4, -0.2) is 40.6 Å². The molecule has 0 saturated carbocycles. The van der Waals surface area contributed by atoms with E-state index in [1.54, 1.807) is 6.07 Å². The third-order valence-electron chi connectivity index (χ3n) is 5.79. The average Bonchev–Trinajstić information content (AvgIpc) is 3.38. The van der Waals surface area contributed by atoms with Crippen LogP contribution in [0.15, 0.2) is 84.9 Å². The lowest BCUT2D eigenvalue weighted by atomic mass is 10.0. The van der Waals surface area contributed by atoms with Gasteiger partial charge in [0.2, 0.25) is 5.91 Å². The first-order chi connectivity index (χ1) is 17.0. The molecule has 7 nitrogen and oxygen atoms in total. The van der Waals surface area contributed by atoms with Gasteiger partial charge in [-0.25, -0.2) is 9.59 Å². The molecule has 4 rings (SSSR count). The number of rotatable bonds is 7. The van der Waals surface area contributed by atoms with E-state index in [0.29, 0.717) is 18.7 Å². The molecule has 1 atom stereocenters. The zero-order valence-corrected chi connectivity index (χ0v) is 19.1. The first kappa shape index (κ1) is 23.8. The fourth-order valence-electron chi connectivity index (χ4n) is 4.02. The van der Waals surface area contributed by atoms with Crippen LogP contribution < -0.4 is 5.32 Å². The van der Waals surface area contributed by atoms with E-state index in [4.69, 9.17) is 9.84 Å². The SMILES string of the molecule is O=C(O)/C=C/c1ccc(-c2cccc(NC(=O)[C@@H]3CCCN3C(=O)OCc3ccccc3)c2)cc1. The second-order valence-corrected chi connectivity index (χ2v) is 8.26. The molecule has 0 bridgehead atoms. The van der Waals surface area contributed by atoms with E-state index in [1.807, 2.05) is 72.8 Å². The predicted octanol–water partition coefficient (Wildman–Crippen LogP) is 5.19. The standard InChI is InChI=1S/C28H26N2O5/c31-26(32)16-13-20-11-14-22(15-12-20)23-8-4-9-24(18-23)29-27(33)25-10-5-17-30(25)28(34)35-19-21-6-2-1-3-7-21/h1-4,6-9,11-16,18,25H,5,10,17,19H2,(H,29,33)(H,31,32)/b16-13+/t25-/m0/s1. The van der Waals surface area contributed by atoms with E-state index in [-0.39, 0.29) is 12.5 Å². The first-order valence-corrected chi connectivity index (χ1v) is 11.4. The number of aliphatic carboxylic acids is 1. The number of ether oxygens (including phenoxy) is 1. The number of nitrogens with one attached hydrogen (secondary N) is 1. The molecule has 1 fully saturated rings. The molecule has 1 saturated heterocycles. The highest BCUT2D eigenvalue weighted by atomic mass is 16.6. The highest BCUT2D eigenvalue weighted by Crippen LogP contribution is 2.25. The highest BCUT2D eigenvalue weighted by molar-refractivity contribution is 5.97. The molecule has 1 aliphatic rings. The normalized spacial score (nSPS) is 15.2. The summed E-state index contributed by atoms with van der Waals surface area (Å²) < 4.78 is 5.43. The smallest absolute Gasteiger partial charge is 0.410 e. The van der Waals surface area contributed by atoms with Gasteiger partial charge < -0.3 is 15.2 Å². The summed E-state index contributed by atoms with van der Waals surface area (Å²) in [5, 5.41) is 11.7. The van der Waals surface area contributed by atoms with Gasteiger partial charge in [-0.2, -0.15) is 0 Å². The quantitative estimate of drug-likeness (QED) is 0.463. The second-order valence-electron chi connectivity index (χ2n) is 8.26. The van der Waals surface area contributed by atoms with E-state index in [9.17, 15) is 14.4 Å². The maximum Gasteiger partial charge on any atom is 0.410 e. The number of hydrogen-bond acceptors (Lipinski definition) is 4. The van der Waals surface area contributed by atoms with Gasteiger partial charge in [0.25, 0.3) is 0 Å². The molecule has 0 unspecified atom stereocenters. The highest BCUT2D eigenvalue weighted by Gasteiger charge is 2.35. The Kier molecular flexibility index (Phi) is 7.57. The van der Waals surface area contributed by atoms with Gasteiger partial charge in [-0.1, -0.05) is 66.7 Å². The van der Waals surface area contributed by atoms with E-state index in [2.05, 4.69) is 5.32 Å². The summed E-state index contributed by atoms with van der Waals surface area (Å²) in [6, 6.07) is 23.8. The number of benzene rings is 3. The van der Waals surface area contributed by atoms with E-state index >= 15 is 0 Å². The average molecular weight is 471 g/mol. The van der Waals surface area contributed by atoms with Crippen LogP contribution >= 0.6 is 0 Å². The van der Waals surface area contributed by atoms with Gasteiger partial charge in [0.1, 0.15) is 12.6 Å². The molecule has 2 N–H and O–H groups in total. The van der Waals surface area contributed by atoms with Crippen LogP contribution in [0, 0.1) is 0 Å². The van der Waals surface area contributed by atoms with Crippen LogP contribution in [0.5, 0.6) is 0 Å². The minimum Gasteiger partial charge on any atom is -0.478 e. The van der Waals surface area contributed by atoms with Crippen LogP contribution in [0.3, 0.4) is 0 Å². The molecule has 35 heavy (non-hydrogen) atoms. The molecule has 3 aromatic rings. The Hall–Kier alpha value is -4.39. The molecule has 0 aliphatic carbocycles. The molecule has 1 aliphatic heterocycles. The minimum atomic E-state index is -0.997. The maximum atomic E-state index is 13.0. The number of carbonyl (C=O) groups excluding carboxylic acids is 2. The molecule has 2 amide bonds. The molecule has 0 aromatic heterocycles. The Morgan fingerprint density at radius 3 is 2.49 bits per heavy atom. The van der Waals surface area contributed by atoms with Crippen LogP contribution in [0.25, 0.3) is 17.2 Å². The van der Waals surface area contributed by atoms with Gasteiger partial charge in [0, 0.05) is 18.3 Å². The Morgan fingerprint density at radius 1 is 0.971 bits per heavy atom. The summed E-state index contributed by atoms with van der Waals surface area (Å²) in [5.74, 6) is -1.24. The lowest BCUT2D eigenvalue weighted by Crippen LogP contribution is -2.43. The Labute approximate surface area is 203 Å². The molecule has 178 valence electrons. The Morgan fingerprint density at radius 2 is 1.74 bits per heavy atom. The maximum absolute atomic E-state index is 13.0. The molecular weight excluding hydrogens is 444 g/mol. The van der Waals surface area contributed by atoms with Crippen LogP contribution in [0.1, 0.15) is 24.0 Å². The number of hydrogen-bond donors (Lipinski definition) is 2. The second kappa shape index (κ2) is 11.2. The largest absolute Gasteiger partial charge is 0.478 e. The number of carboxylic acid groups (broad SMARTS) is 1. The van der Waals surface area contributed by atoms with Crippen LogP contribution in [-0.2, 0) is 20.9 Å². The van der Waals surface area contributed by atoms with E-state index < -0.39 is 18.1 Å². The summed E-state index contributed by atoms with van der Waals surface area (Å²) in [6.45, 7) is 0.645. The van der Waals surface area contributed by atoms with Gasteiger partial charge in [-0.05, 0) is 53.3 Å². The van der Waals surface area contributed by atoms with Gasteiger partial charge in [0.15, 0.2) is 0 Å². The van der Waals surface area contributed by atoms with Crippen molar-refractivity contribution in [2.45, 2.75) is 25.5 Å². The van der Waals surface area contributed by atoms with Crippen molar-refractivity contribution in [1.29, 1.82) is 0 Å². The fraction of sp³-hybridized carbons (Fsp3) is 0.179. The third kappa shape index (κ3) is 6.35. The zero-order chi connectivity index (χ0) is 24.6. The van der Waals surface area contributed by atoms with Crippen molar-refractivity contribution in [3.05, 3.63) is 96.1 Å². The Balaban J connectivity index is 1.39. The fourth-order valence-corrected chi connectivity index (χ4v) is 4.02. The molecule has 7 heteroatoms. The number of nitrogens with zero attached hydrogens (tertiary/aromatic N) is 1. The third-order valence-corrected chi connectivity index (χ3v) is 5.79. The van der Waals surface area contributed by atoms with Gasteiger partial charge in [-0.15, -0.1) is 0 Å². The van der Waals surface area contributed by atoms with Crippen molar-refractivity contribution >= 4 is 29.7 Å². The summed E-state index contributed by atoms with van der Waals surface area (Å²) in [6.07, 6.45) is 3.45. The zero-order valence-electron chi connectivity index (χ0n) is 19.1. The predicted molar refractivity (Wildman–Crippen MR) is 134 cm³/mol. The topological polar surface area (TPSA) is 95.9 Å². The molecular formula is C28H26N2O5. The van der Waals surface area contributed by atoms with Crippen LogP contribution in [0.4, 0.5) is 10.5 Å². The summed E-state index contributed by atoms with van der Waals surface area (Å²) >= 11 is 0. The van der Waals surface area contributed by atoms with Crippen molar-refractivity contribution in [2.24, 2.45) is 0 Å². The summed E-state index contributed by atoms with van der Waals surface area (Å²) in [4.78, 5) is 37.8. The Bertz CT molecular complexity index is 1220. The van der Waals surface area contributed by atoms with E-state index in [1.165, 1.54) is 11.0 Å². The van der Waals surface area contributed by atoms with Gasteiger partial charge in [0.05, 0.1) is 0 Å². The van der Waals surface area contributed by atoms with Crippen molar-refractivity contribution in [3.8, 4) is 11.1 Å². The molecule has 3 aromatic carbocycles.